The molecule has 0 bridgehead atoms. The average molecular weight is 373 g/mol. The maximum absolute atomic E-state index is 13.1. The number of ether oxygens (including phenoxy) is 1. The number of benzene rings is 2. The van der Waals surface area contributed by atoms with Crippen LogP contribution in [0.25, 0.3) is 0 Å². The number of halogens is 3. The van der Waals surface area contributed by atoms with E-state index in [1.54, 1.807) is 18.2 Å². The highest BCUT2D eigenvalue weighted by molar-refractivity contribution is 5.53. The summed E-state index contributed by atoms with van der Waals surface area (Å²) in [6, 6.07) is 9.92. The van der Waals surface area contributed by atoms with Crippen molar-refractivity contribution in [3.63, 3.8) is 0 Å². The van der Waals surface area contributed by atoms with Gasteiger partial charge in [0.25, 0.3) is 0 Å². The molecule has 6 heteroatoms. The summed E-state index contributed by atoms with van der Waals surface area (Å²) >= 11 is 0. The Bertz CT molecular complexity index is 902. The normalized spacial score (nSPS) is 10.8. The summed E-state index contributed by atoms with van der Waals surface area (Å²) in [4.78, 5) is 0. The standard InChI is InChI=1S/C21H18F3NO2/c1-2-27-11-3-4-18-12-15(14-25)5-6-16(18)7-8-17-9-10-19(26)13-20(17)21(22,23)24/h5-6,9-10,12-13,26H,2-4,11H2,1H3. The largest absolute Gasteiger partial charge is 0.508 e. The minimum atomic E-state index is -4.62. The van der Waals surface area contributed by atoms with Gasteiger partial charge in [-0.3, -0.25) is 0 Å². The fourth-order valence-corrected chi connectivity index (χ4v) is 2.51. The monoisotopic (exact) mass is 373 g/mol. The molecule has 2 rings (SSSR count). The highest BCUT2D eigenvalue weighted by atomic mass is 19.4. The Morgan fingerprint density at radius 1 is 1.07 bits per heavy atom. The first-order chi connectivity index (χ1) is 12.8. The van der Waals surface area contributed by atoms with Crippen molar-refractivity contribution in [3.8, 4) is 23.7 Å². The van der Waals surface area contributed by atoms with E-state index in [4.69, 9.17) is 10.00 Å². The van der Waals surface area contributed by atoms with Crippen LogP contribution in [0.5, 0.6) is 5.75 Å². The minimum Gasteiger partial charge on any atom is -0.508 e. The van der Waals surface area contributed by atoms with E-state index < -0.39 is 17.5 Å². The molecule has 140 valence electrons. The summed E-state index contributed by atoms with van der Waals surface area (Å²) < 4.78 is 44.7. The lowest BCUT2D eigenvalue weighted by Crippen LogP contribution is -2.07. The first-order valence-electron chi connectivity index (χ1n) is 8.38. The van der Waals surface area contributed by atoms with Crippen LogP contribution >= 0.6 is 0 Å². The topological polar surface area (TPSA) is 53.2 Å². The van der Waals surface area contributed by atoms with Crippen LogP contribution in [-0.2, 0) is 17.3 Å². The van der Waals surface area contributed by atoms with Crippen LogP contribution in [0.3, 0.4) is 0 Å². The van der Waals surface area contributed by atoms with Gasteiger partial charge in [0.15, 0.2) is 0 Å². The van der Waals surface area contributed by atoms with Gasteiger partial charge in [0, 0.05) is 24.3 Å². The molecule has 0 saturated heterocycles. The van der Waals surface area contributed by atoms with Crippen molar-refractivity contribution in [2.75, 3.05) is 13.2 Å². The molecule has 0 spiro atoms. The van der Waals surface area contributed by atoms with Gasteiger partial charge >= 0.3 is 6.18 Å². The first-order valence-corrected chi connectivity index (χ1v) is 8.38. The molecule has 0 aliphatic rings. The molecule has 0 amide bonds. The van der Waals surface area contributed by atoms with Crippen LogP contribution in [0.1, 0.15) is 41.2 Å². The van der Waals surface area contributed by atoms with Crippen LogP contribution in [0, 0.1) is 23.2 Å². The SMILES string of the molecule is CCOCCCc1cc(C#N)ccc1C#Cc1ccc(O)cc1C(F)(F)F. The highest BCUT2D eigenvalue weighted by Gasteiger charge is 2.33. The molecule has 0 radical (unpaired) electrons. The maximum Gasteiger partial charge on any atom is 0.417 e. The lowest BCUT2D eigenvalue weighted by atomic mass is 9.99. The summed E-state index contributed by atoms with van der Waals surface area (Å²) in [6.45, 7) is 3.05. The van der Waals surface area contributed by atoms with E-state index >= 15 is 0 Å². The molecule has 0 unspecified atom stereocenters. The fourth-order valence-electron chi connectivity index (χ4n) is 2.51. The smallest absolute Gasteiger partial charge is 0.417 e. The molecule has 0 saturated carbocycles. The van der Waals surface area contributed by atoms with Crippen molar-refractivity contribution in [2.45, 2.75) is 25.9 Å². The number of aryl methyl sites for hydroxylation is 1. The van der Waals surface area contributed by atoms with Gasteiger partial charge in [-0.1, -0.05) is 11.8 Å². The molecule has 0 aliphatic carbocycles. The minimum absolute atomic E-state index is 0.218. The summed E-state index contributed by atoms with van der Waals surface area (Å²) in [6.07, 6.45) is -3.31. The summed E-state index contributed by atoms with van der Waals surface area (Å²) in [5, 5.41) is 18.4. The molecular weight excluding hydrogens is 355 g/mol. The number of nitrogens with zero attached hydrogens (tertiary/aromatic N) is 1. The number of phenolic OH excluding ortho intramolecular Hbond substituents is 1. The highest BCUT2D eigenvalue weighted by Crippen LogP contribution is 2.33. The lowest BCUT2D eigenvalue weighted by molar-refractivity contribution is -0.137. The van der Waals surface area contributed by atoms with Crippen molar-refractivity contribution in [2.24, 2.45) is 0 Å². The number of aromatic hydroxyl groups is 1. The van der Waals surface area contributed by atoms with Crippen LogP contribution in [0.4, 0.5) is 13.2 Å². The molecule has 0 aliphatic heterocycles. The number of hydrogen-bond donors (Lipinski definition) is 1. The number of hydrogen-bond acceptors (Lipinski definition) is 3. The molecule has 2 aromatic carbocycles. The second kappa shape index (κ2) is 9.12. The van der Waals surface area contributed by atoms with Gasteiger partial charge in [-0.2, -0.15) is 18.4 Å². The Hall–Kier alpha value is -2.96. The Morgan fingerprint density at radius 2 is 1.78 bits per heavy atom. The maximum atomic E-state index is 13.1. The van der Waals surface area contributed by atoms with Crippen LogP contribution in [0.2, 0.25) is 0 Å². The van der Waals surface area contributed by atoms with Gasteiger partial charge in [-0.15, -0.1) is 0 Å². The predicted molar refractivity (Wildman–Crippen MR) is 95.1 cm³/mol. The molecule has 1 N–H and O–H groups in total. The molecular formula is C21H18F3NO2. The van der Waals surface area contributed by atoms with Crippen LogP contribution in [-0.4, -0.2) is 18.3 Å². The number of alkyl halides is 3. The third kappa shape index (κ3) is 5.77. The Morgan fingerprint density at radius 3 is 2.44 bits per heavy atom. The van der Waals surface area contributed by atoms with Crippen molar-refractivity contribution in [1.82, 2.24) is 0 Å². The van der Waals surface area contributed by atoms with E-state index in [0.29, 0.717) is 43.2 Å². The van der Waals surface area contributed by atoms with Gasteiger partial charge in [0.05, 0.1) is 17.2 Å². The van der Waals surface area contributed by atoms with Gasteiger partial charge in [0.1, 0.15) is 5.75 Å². The molecule has 0 aromatic heterocycles. The molecule has 0 fully saturated rings. The summed E-state index contributed by atoms with van der Waals surface area (Å²) in [5.41, 5.74) is 0.610. The average Bonchev–Trinajstić information content (AvgIpc) is 2.64. The van der Waals surface area contributed by atoms with Crippen molar-refractivity contribution in [1.29, 1.82) is 5.26 Å². The van der Waals surface area contributed by atoms with E-state index in [-0.39, 0.29) is 5.56 Å². The van der Waals surface area contributed by atoms with Crippen molar-refractivity contribution in [3.05, 3.63) is 64.2 Å². The van der Waals surface area contributed by atoms with Crippen molar-refractivity contribution < 1.29 is 23.0 Å². The summed E-state index contributed by atoms with van der Waals surface area (Å²) in [5.74, 6) is 4.85. The van der Waals surface area contributed by atoms with Gasteiger partial charge in [-0.25, -0.2) is 0 Å². The predicted octanol–water partition coefficient (Wildman–Crippen LogP) is 4.65. The van der Waals surface area contributed by atoms with Crippen LogP contribution in [0.15, 0.2) is 36.4 Å². The molecule has 27 heavy (non-hydrogen) atoms. The Labute approximate surface area is 156 Å². The van der Waals surface area contributed by atoms with E-state index in [2.05, 4.69) is 11.8 Å². The molecule has 0 heterocycles. The van der Waals surface area contributed by atoms with Gasteiger partial charge < -0.3 is 9.84 Å². The third-order valence-electron chi connectivity index (χ3n) is 3.81. The number of rotatable bonds is 5. The zero-order chi connectivity index (χ0) is 19.9. The molecule has 2 aromatic rings. The third-order valence-corrected chi connectivity index (χ3v) is 3.81. The van der Waals surface area contributed by atoms with Crippen molar-refractivity contribution >= 4 is 0 Å². The van der Waals surface area contributed by atoms with E-state index in [1.165, 1.54) is 6.07 Å². The lowest BCUT2D eigenvalue weighted by Gasteiger charge is -2.09. The number of nitriles is 1. The fraction of sp³-hybridized carbons (Fsp3) is 0.286. The first kappa shape index (κ1) is 20.4. The Kier molecular flexibility index (Phi) is 6.87. The van der Waals surface area contributed by atoms with Crippen LogP contribution < -0.4 is 0 Å². The quantitative estimate of drug-likeness (QED) is 0.613. The second-order valence-corrected chi connectivity index (χ2v) is 5.76. The van der Waals surface area contributed by atoms with Gasteiger partial charge in [-0.05, 0) is 61.7 Å². The Balaban J connectivity index is 2.37. The van der Waals surface area contributed by atoms with E-state index in [0.717, 1.165) is 11.6 Å². The second-order valence-electron chi connectivity index (χ2n) is 5.76. The zero-order valence-corrected chi connectivity index (χ0v) is 14.7. The molecule has 0 atom stereocenters. The zero-order valence-electron chi connectivity index (χ0n) is 14.7. The van der Waals surface area contributed by atoms with E-state index in [9.17, 15) is 18.3 Å². The molecule has 3 nitrogen and oxygen atoms in total. The van der Waals surface area contributed by atoms with Gasteiger partial charge in [0.2, 0.25) is 0 Å². The summed E-state index contributed by atoms with van der Waals surface area (Å²) in [7, 11) is 0. The number of phenols is 1. The van der Waals surface area contributed by atoms with E-state index in [1.807, 2.05) is 13.0 Å².